The summed E-state index contributed by atoms with van der Waals surface area (Å²) in [6.45, 7) is 8.15. The number of carbonyl (C=O) groups excluding carboxylic acids is 1. The van der Waals surface area contributed by atoms with Gasteiger partial charge >= 0.3 is 6.09 Å². The molecule has 15 heavy (non-hydrogen) atoms. The summed E-state index contributed by atoms with van der Waals surface area (Å²) in [4.78, 5) is 13.5. The molecule has 0 aromatic carbocycles. The van der Waals surface area contributed by atoms with Gasteiger partial charge in [0.2, 0.25) is 0 Å². The number of carbonyl (C=O) groups is 1. The van der Waals surface area contributed by atoms with Crippen LogP contribution in [0.3, 0.4) is 0 Å². The molecule has 0 aromatic rings. The molecule has 0 spiro atoms. The van der Waals surface area contributed by atoms with Gasteiger partial charge in [0.15, 0.2) is 0 Å². The van der Waals surface area contributed by atoms with Gasteiger partial charge in [0.25, 0.3) is 0 Å². The maximum Gasteiger partial charge on any atom is 0.410 e. The molecule has 1 aliphatic rings. The Balaban J connectivity index is 2.56. The highest BCUT2D eigenvalue weighted by Gasteiger charge is 2.29. The van der Waals surface area contributed by atoms with Gasteiger partial charge in [-0.15, -0.1) is 0 Å². The molecular weight excluding hydrogens is 192 g/mol. The molecule has 0 radical (unpaired) electrons. The third-order valence-corrected chi connectivity index (χ3v) is 2.36. The highest BCUT2D eigenvalue weighted by molar-refractivity contribution is 5.84. The third-order valence-electron chi connectivity index (χ3n) is 2.36. The Kier molecular flexibility index (Phi) is 3.37. The first-order valence-corrected chi connectivity index (χ1v) is 5.35. The third kappa shape index (κ3) is 3.53. The number of nitrogens with one attached hydrogen (secondary N) is 1. The summed E-state index contributed by atoms with van der Waals surface area (Å²) in [6.07, 6.45) is 1.07. The Labute approximate surface area is 91.1 Å². The van der Waals surface area contributed by atoms with Crippen LogP contribution in [0.4, 0.5) is 4.79 Å². The molecule has 1 heterocycles. The van der Waals surface area contributed by atoms with E-state index in [0.29, 0.717) is 19.4 Å². The minimum atomic E-state index is -0.443. The van der Waals surface area contributed by atoms with Crippen LogP contribution < -0.4 is 0 Å². The number of rotatable bonds is 0. The molecular formula is C11H20N2O2. The van der Waals surface area contributed by atoms with Crippen LogP contribution in [0.2, 0.25) is 0 Å². The van der Waals surface area contributed by atoms with Crippen LogP contribution in [0.5, 0.6) is 0 Å². The molecule has 0 aliphatic carbocycles. The second-order valence-electron chi connectivity index (χ2n) is 5.08. The fourth-order valence-corrected chi connectivity index (χ4v) is 1.64. The second kappa shape index (κ2) is 4.21. The Morgan fingerprint density at radius 3 is 2.60 bits per heavy atom. The number of amides is 1. The zero-order chi connectivity index (χ0) is 11.6. The van der Waals surface area contributed by atoms with E-state index in [1.807, 2.05) is 27.7 Å². The van der Waals surface area contributed by atoms with Crippen LogP contribution in [0.15, 0.2) is 0 Å². The van der Waals surface area contributed by atoms with Gasteiger partial charge in [0.1, 0.15) is 5.60 Å². The van der Waals surface area contributed by atoms with E-state index in [4.69, 9.17) is 10.1 Å². The predicted molar refractivity (Wildman–Crippen MR) is 59.4 cm³/mol. The number of hydrogen-bond acceptors (Lipinski definition) is 3. The number of hydrogen-bond donors (Lipinski definition) is 1. The van der Waals surface area contributed by atoms with E-state index in [2.05, 4.69) is 0 Å². The average Bonchev–Trinajstić information content (AvgIpc) is 1.99. The van der Waals surface area contributed by atoms with Gasteiger partial charge in [-0.25, -0.2) is 4.79 Å². The summed E-state index contributed by atoms with van der Waals surface area (Å²) >= 11 is 0. The van der Waals surface area contributed by atoms with Crippen molar-refractivity contribution in [1.82, 2.24) is 4.90 Å². The van der Waals surface area contributed by atoms with Gasteiger partial charge < -0.3 is 15.0 Å². The van der Waals surface area contributed by atoms with E-state index in [-0.39, 0.29) is 12.1 Å². The molecule has 1 aliphatic heterocycles. The minimum Gasteiger partial charge on any atom is -0.444 e. The highest BCUT2D eigenvalue weighted by Crippen LogP contribution is 2.18. The first-order chi connectivity index (χ1) is 6.79. The van der Waals surface area contributed by atoms with Crippen LogP contribution in [0.25, 0.3) is 0 Å². The van der Waals surface area contributed by atoms with Gasteiger partial charge in [-0.05, 0) is 27.7 Å². The summed E-state index contributed by atoms with van der Waals surface area (Å²) in [5.41, 5.74) is 0.282. The number of piperidine rings is 1. The lowest BCUT2D eigenvalue weighted by Crippen LogP contribution is -2.46. The average molecular weight is 212 g/mol. The maximum atomic E-state index is 11.8. The lowest BCUT2D eigenvalue weighted by Gasteiger charge is -2.35. The SMILES string of the molecule is CC1CC(=N)CCN1C(=O)OC(C)(C)C. The predicted octanol–water partition coefficient (Wildman–Crippen LogP) is 2.43. The van der Waals surface area contributed by atoms with Crippen LogP contribution >= 0.6 is 0 Å². The molecule has 1 N–H and O–H groups in total. The van der Waals surface area contributed by atoms with Crippen molar-refractivity contribution in [2.45, 2.75) is 52.2 Å². The largest absolute Gasteiger partial charge is 0.444 e. The minimum absolute atomic E-state index is 0.0844. The lowest BCUT2D eigenvalue weighted by molar-refractivity contribution is 0.0172. The van der Waals surface area contributed by atoms with Crippen LogP contribution in [0.1, 0.15) is 40.5 Å². The van der Waals surface area contributed by atoms with Crippen molar-refractivity contribution in [2.24, 2.45) is 0 Å². The van der Waals surface area contributed by atoms with Crippen molar-refractivity contribution >= 4 is 11.8 Å². The van der Waals surface area contributed by atoms with Gasteiger partial charge in [-0.2, -0.15) is 0 Å². The van der Waals surface area contributed by atoms with Crippen molar-refractivity contribution in [1.29, 1.82) is 5.41 Å². The number of likely N-dealkylation sites (tertiary alicyclic amines) is 1. The van der Waals surface area contributed by atoms with Crippen molar-refractivity contribution < 1.29 is 9.53 Å². The zero-order valence-electron chi connectivity index (χ0n) is 9.96. The topological polar surface area (TPSA) is 53.4 Å². The fraction of sp³-hybridized carbons (Fsp3) is 0.818. The van der Waals surface area contributed by atoms with Gasteiger partial charge in [0.05, 0.1) is 0 Å². The van der Waals surface area contributed by atoms with Crippen LogP contribution in [0, 0.1) is 5.41 Å². The Morgan fingerprint density at radius 2 is 2.13 bits per heavy atom. The van der Waals surface area contributed by atoms with E-state index in [0.717, 1.165) is 5.71 Å². The summed E-state index contributed by atoms with van der Waals surface area (Å²) in [5.74, 6) is 0. The van der Waals surface area contributed by atoms with Crippen molar-refractivity contribution in [3.8, 4) is 0 Å². The normalized spacial score (nSPS) is 22.8. The van der Waals surface area contributed by atoms with Crippen molar-refractivity contribution in [3.05, 3.63) is 0 Å². The van der Waals surface area contributed by atoms with E-state index < -0.39 is 5.60 Å². The molecule has 1 saturated heterocycles. The molecule has 1 amide bonds. The van der Waals surface area contributed by atoms with Gasteiger partial charge in [0, 0.05) is 31.1 Å². The number of nitrogens with zero attached hydrogens (tertiary/aromatic N) is 1. The van der Waals surface area contributed by atoms with Crippen molar-refractivity contribution in [2.75, 3.05) is 6.54 Å². The smallest absolute Gasteiger partial charge is 0.410 e. The summed E-state index contributed by atoms with van der Waals surface area (Å²) < 4.78 is 5.30. The first-order valence-electron chi connectivity index (χ1n) is 5.35. The van der Waals surface area contributed by atoms with Crippen molar-refractivity contribution in [3.63, 3.8) is 0 Å². The molecule has 0 aromatic heterocycles. The van der Waals surface area contributed by atoms with Gasteiger partial charge in [-0.1, -0.05) is 0 Å². The van der Waals surface area contributed by atoms with Crippen LogP contribution in [-0.2, 0) is 4.74 Å². The molecule has 1 atom stereocenters. The van der Waals surface area contributed by atoms with Crippen LogP contribution in [-0.4, -0.2) is 34.9 Å². The second-order valence-corrected chi connectivity index (χ2v) is 5.08. The zero-order valence-corrected chi connectivity index (χ0v) is 9.96. The maximum absolute atomic E-state index is 11.8. The molecule has 86 valence electrons. The highest BCUT2D eigenvalue weighted by atomic mass is 16.6. The summed E-state index contributed by atoms with van der Waals surface area (Å²) in [5, 5.41) is 7.55. The van der Waals surface area contributed by atoms with E-state index in [1.165, 1.54) is 0 Å². The van der Waals surface area contributed by atoms with E-state index in [9.17, 15) is 4.79 Å². The Bertz CT molecular complexity index is 268. The fourth-order valence-electron chi connectivity index (χ4n) is 1.64. The molecule has 4 heteroatoms. The molecule has 1 fully saturated rings. The molecule has 1 unspecified atom stereocenters. The quantitative estimate of drug-likeness (QED) is 0.670. The number of ether oxygens (including phenoxy) is 1. The van der Waals surface area contributed by atoms with E-state index >= 15 is 0 Å². The summed E-state index contributed by atoms with van der Waals surface area (Å²) in [6, 6.07) is 0.0844. The first kappa shape index (κ1) is 12.0. The molecule has 0 bridgehead atoms. The molecule has 0 saturated carbocycles. The Hall–Kier alpha value is -1.06. The monoisotopic (exact) mass is 212 g/mol. The van der Waals surface area contributed by atoms with E-state index in [1.54, 1.807) is 4.90 Å². The summed E-state index contributed by atoms with van der Waals surface area (Å²) in [7, 11) is 0. The molecule has 4 nitrogen and oxygen atoms in total. The standard InChI is InChI=1S/C11H20N2O2/c1-8-7-9(12)5-6-13(8)10(14)15-11(2,3)4/h8,12H,5-7H2,1-4H3. The molecule has 1 rings (SSSR count). The lowest BCUT2D eigenvalue weighted by atomic mass is 10.0. The Morgan fingerprint density at radius 1 is 1.53 bits per heavy atom. The van der Waals surface area contributed by atoms with Gasteiger partial charge in [-0.3, -0.25) is 0 Å².